The van der Waals surface area contributed by atoms with Gasteiger partial charge in [0.15, 0.2) is 6.61 Å². The van der Waals surface area contributed by atoms with E-state index in [0.29, 0.717) is 116 Å². The number of rotatable bonds is 26. The third-order valence-electron chi connectivity index (χ3n) is 7.35. The van der Waals surface area contributed by atoms with E-state index < -0.39 is 6.09 Å². The van der Waals surface area contributed by atoms with Gasteiger partial charge in [0.05, 0.1) is 58.4 Å². The van der Waals surface area contributed by atoms with Gasteiger partial charge in [0.2, 0.25) is 17.8 Å². The first kappa shape index (κ1) is 41.7. The Morgan fingerprint density at radius 1 is 0.712 bits per heavy atom. The van der Waals surface area contributed by atoms with Crippen molar-refractivity contribution in [3.8, 4) is 12.3 Å². The number of terminal acetylenes is 1. The molecule has 0 unspecified atom stereocenters. The number of hydrogen-bond acceptors (Lipinski definition) is 16. The molecular formula is C33H51N11O8. The van der Waals surface area contributed by atoms with Crippen LogP contribution >= 0.6 is 0 Å². The molecule has 0 aliphatic carbocycles. The number of amides is 3. The molecule has 0 atom stereocenters. The SMILES string of the molecule is C#CCOC(=O)NCCOCCOCCOCCOCCC(=O)NCc1cnc(N2CCN(c3ncc(C(=O)NCCCCNN)cn3)CC2)nc1. The predicted molar refractivity (Wildman–Crippen MR) is 190 cm³/mol. The van der Waals surface area contributed by atoms with Gasteiger partial charge in [-0.2, -0.15) is 0 Å². The molecule has 2 aromatic heterocycles. The molecule has 1 saturated heterocycles. The number of aromatic nitrogens is 4. The zero-order valence-electron chi connectivity index (χ0n) is 29.6. The van der Waals surface area contributed by atoms with Crippen LogP contribution in [0, 0.1) is 12.3 Å². The average Bonchev–Trinajstić information content (AvgIpc) is 3.18. The van der Waals surface area contributed by atoms with E-state index in [9.17, 15) is 14.4 Å². The van der Waals surface area contributed by atoms with Crippen molar-refractivity contribution in [1.82, 2.24) is 41.3 Å². The maximum Gasteiger partial charge on any atom is 0.408 e. The lowest BCUT2D eigenvalue weighted by atomic mass is 10.3. The fourth-order valence-corrected chi connectivity index (χ4v) is 4.57. The minimum absolute atomic E-state index is 0.0708. The van der Waals surface area contributed by atoms with Crippen molar-refractivity contribution in [2.75, 3.05) is 115 Å². The first-order valence-electron chi connectivity index (χ1n) is 17.3. The quantitative estimate of drug-likeness (QED) is 0.0338. The Balaban J connectivity index is 1.16. The van der Waals surface area contributed by atoms with Gasteiger partial charge in [-0.15, -0.1) is 6.42 Å². The summed E-state index contributed by atoms with van der Waals surface area (Å²) in [7, 11) is 0. The van der Waals surface area contributed by atoms with Crippen LogP contribution in [0.3, 0.4) is 0 Å². The standard InChI is InChI=1S/C33H51N11O8/c1-2-13-52-33(47)36-8-15-49-17-19-51-21-20-50-18-16-48-14-5-29(45)37-22-27-23-38-31(39-24-27)43-9-11-44(12-10-43)32-40-25-28(26-41-32)30(46)35-6-3-4-7-42-34/h1,23-26,42H,3-22,34H2,(H,35,46)(H,36,47)(H,37,45). The number of carbonyl (C=O) groups excluding carboxylic acids is 3. The van der Waals surface area contributed by atoms with Crippen LogP contribution < -0.4 is 37.0 Å². The average molecular weight is 730 g/mol. The van der Waals surface area contributed by atoms with Crippen molar-refractivity contribution in [3.05, 3.63) is 35.9 Å². The number of carbonyl (C=O) groups is 3. The Labute approximate surface area is 304 Å². The second-order valence-corrected chi connectivity index (χ2v) is 11.2. The van der Waals surface area contributed by atoms with E-state index in [1.807, 2.05) is 0 Å². The minimum Gasteiger partial charge on any atom is -0.436 e. The van der Waals surface area contributed by atoms with Gasteiger partial charge in [-0.3, -0.25) is 20.9 Å². The summed E-state index contributed by atoms with van der Waals surface area (Å²) in [6, 6.07) is 0. The summed E-state index contributed by atoms with van der Waals surface area (Å²) >= 11 is 0. The molecule has 1 aliphatic heterocycles. The van der Waals surface area contributed by atoms with Gasteiger partial charge >= 0.3 is 6.09 Å². The summed E-state index contributed by atoms with van der Waals surface area (Å²) < 4.78 is 26.3. The third kappa shape index (κ3) is 17.5. The van der Waals surface area contributed by atoms with Crippen LogP contribution in [0.25, 0.3) is 0 Å². The number of nitrogens with one attached hydrogen (secondary N) is 4. The number of piperazine rings is 1. The fourth-order valence-electron chi connectivity index (χ4n) is 4.57. The normalized spacial score (nSPS) is 12.6. The van der Waals surface area contributed by atoms with Gasteiger partial charge in [0, 0.05) is 89.1 Å². The molecule has 0 spiro atoms. The largest absolute Gasteiger partial charge is 0.436 e. The van der Waals surface area contributed by atoms with Crippen molar-refractivity contribution < 1.29 is 38.1 Å². The maximum absolute atomic E-state index is 12.3. The number of hydrazine groups is 1. The second kappa shape index (κ2) is 26.1. The number of unbranched alkanes of at least 4 members (excludes halogenated alkanes) is 1. The van der Waals surface area contributed by atoms with E-state index in [1.165, 1.54) is 0 Å². The summed E-state index contributed by atoms with van der Waals surface area (Å²) in [4.78, 5) is 57.6. The van der Waals surface area contributed by atoms with Crippen LogP contribution in [0.5, 0.6) is 0 Å². The van der Waals surface area contributed by atoms with Crippen molar-refractivity contribution in [1.29, 1.82) is 0 Å². The molecule has 1 aliphatic rings. The van der Waals surface area contributed by atoms with Gasteiger partial charge in [-0.25, -0.2) is 24.7 Å². The molecule has 1 fully saturated rings. The highest BCUT2D eigenvalue weighted by molar-refractivity contribution is 5.93. The highest BCUT2D eigenvalue weighted by Crippen LogP contribution is 2.15. The molecule has 3 heterocycles. The zero-order chi connectivity index (χ0) is 37.1. The summed E-state index contributed by atoms with van der Waals surface area (Å²) in [5.41, 5.74) is 3.80. The number of anilines is 2. The predicted octanol–water partition coefficient (Wildman–Crippen LogP) is -1.00. The molecule has 3 rings (SSSR count). The highest BCUT2D eigenvalue weighted by Gasteiger charge is 2.21. The number of nitrogens with zero attached hydrogens (tertiary/aromatic N) is 6. The molecule has 286 valence electrons. The van der Waals surface area contributed by atoms with Gasteiger partial charge in [-0.05, 0) is 12.8 Å². The number of alkyl carbamates (subject to hydrolysis) is 1. The molecular weight excluding hydrogens is 678 g/mol. The number of ether oxygens (including phenoxy) is 5. The Morgan fingerprint density at radius 2 is 1.25 bits per heavy atom. The molecule has 52 heavy (non-hydrogen) atoms. The molecule has 19 nitrogen and oxygen atoms in total. The lowest BCUT2D eigenvalue weighted by Gasteiger charge is -2.34. The lowest BCUT2D eigenvalue weighted by Crippen LogP contribution is -2.47. The van der Waals surface area contributed by atoms with Crippen molar-refractivity contribution in [3.63, 3.8) is 0 Å². The second-order valence-electron chi connectivity index (χ2n) is 11.2. The molecule has 3 amide bonds. The molecule has 0 aromatic carbocycles. The Morgan fingerprint density at radius 3 is 1.83 bits per heavy atom. The summed E-state index contributed by atoms with van der Waals surface area (Å²) in [6.07, 6.45) is 12.9. The summed E-state index contributed by atoms with van der Waals surface area (Å²) in [6.45, 7) is 7.51. The summed E-state index contributed by atoms with van der Waals surface area (Å²) in [5, 5.41) is 8.22. The molecule has 0 radical (unpaired) electrons. The van der Waals surface area contributed by atoms with Gasteiger partial charge in [0.25, 0.3) is 5.91 Å². The van der Waals surface area contributed by atoms with Crippen molar-refractivity contribution in [2.24, 2.45) is 5.84 Å². The monoisotopic (exact) mass is 729 g/mol. The molecule has 2 aromatic rings. The Kier molecular flexibility index (Phi) is 21.0. The molecule has 0 saturated carbocycles. The van der Waals surface area contributed by atoms with E-state index in [4.69, 9.17) is 31.2 Å². The van der Waals surface area contributed by atoms with Crippen molar-refractivity contribution in [2.45, 2.75) is 25.8 Å². The fraction of sp³-hybridized carbons (Fsp3) is 0.606. The number of nitrogens with two attached hydrogens (primary N) is 1. The summed E-state index contributed by atoms with van der Waals surface area (Å²) in [5.74, 6) is 8.31. The first-order chi connectivity index (χ1) is 25.5. The zero-order valence-corrected chi connectivity index (χ0v) is 29.6. The smallest absolute Gasteiger partial charge is 0.408 e. The number of hydrogen-bond donors (Lipinski definition) is 5. The van der Waals surface area contributed by atoms with Crippen molar-refractivity contribution >= 4 is 29.8 Å². The van der Waals surface area contributed by atoms with E-state index >= 15 is 0 Å². The molecule has 19 heteroatoms. The van der Waals surface area contributed by atoms with Gasteiger partial charge in [-0.1, -0.05) is 5.92 Å². The maximum atomic E-state index is 12.3. The molecule has 0 bridgehead atoms. The van der Waals surface area contributed by atoms with Crippen LogP contribution in [0.2, 0.25) is 0 Å². The van der Waals surface area contributed by atoms with E-state index in [2.05, 4.69) is 61.8 Å². The van der Waals surface area contributed by atoms with Gasteiger partial charge in [0.1, 0.15) is 0 Å². The van der Waals surface area contributed by atoms with E-state index in [1.54, 1.807) is 24.8 Å². The Hall–Kier alpha value is -4.71. The third-order valence-corrected chi connectivity index (χ3v) is 7.35. The highest BCUT2D eigenvalue weighted by atomic mass is 16.6. The van der Waals surface area contributed by atoms with Crippen LogP contribution in [0.1, 0.15) is 35.2 Å². The van der Waals surface area contributed by atoms with Crippen LogP contribution in [-0.2, 0) is 35.0 Å². The van der Waals surface area contributed by atoms with Crippen LogP contribution in [-0.4, -0.2) is 143 Å². The van der Waals surface area contributed by atoms with E-state index in [0.717, 1.165) is 18.4 Å². The minimum atomic E-state index is -0.579. The topological polar surface area (TPSA) is 230 Å². The van der Waals surface area contributed by atoms with Crippen LogP contribution in [0.4, 0.5) is 16.7 Å². The van der Waals surface area contributed by atoms with Crippen LogP contribution in [0.15, 0.2) is 24.8 Å². The van der Waals surface area contributed by atoms with E-state index in [-0.39, 0.29) is 31.4 Å². The van der Waals surface area contributed by atoms with Gasteiger partial charge < -0.3 is 49.4 Å². The molecule has 6 N–H and O–H groups in total. The first-order valence-corrected chi connectivity index (χ1v) is 17.3. The lowest BCUT2D eigenvalue weighted by molar-refractivity contribution is -0.122. The Bertz CT molecular complexity index is 1340.